The number of fused-ring (bicyclic) bond motifs is 1. The minimum Gasteiger partial charge on any atom is -0.486 e. The fourth-order valence-electron chi connectivity index (χ4n) is 1.27. The minimum absolute atomic E-state index is 0.0412. The smallest absolute Gasteiger partial charge is 0.486 e. The van der Waals surface area contributed by atoms with Gasteiger partial charge in [-0.1, -0.05) is 0 Å². The van der Waals surface area contributed by atoms with Gasteiger partial charge in [-0.25, -0.2) is 4.39 Å². The third kappa shape index (κ3) is 2.67. The molecule has 19 heavy (non-hydrogen) atoms. The Morgan fingerprint density at radius 1 is 1.11 bits per heavy atom. The van der Waals surface area contributed by atoms with E-state index in [1.54, 1.807) is 0 Å². The molecule has 0 radical (unpaired) electrons. The minimum atomic E-state index is -5.94. The van der Waals surface area contributed by atoms with Crippen LogP contribution in [-0.4, -0.2) is 27.1 Å². The molecule has 0 fully saturated rings. The second kappa shape index (κ2) is 4.44. The van der Waals surface area contributed by atoms with Crippen molar-refractivity contribution < 1.29 is 39.6 Å². The predicted octanol–water partition coefficient (Wildman–Crippen LogP) is 1.83. The van der Waals surface area contributed by atoms with Crippen molar-refractivity contribution in [3.63, 3.8) is 0 Å². The molecule has 0 atom stereocenters. The highest BCUT2D eigenvalue weighted by molar-refractivity contribution is 7.88. The summed E-state index contributed by atoms with van der Waals surface area (Å²) in [5.74, 6) is -2.56. The second-order valence-corrected chi connectivity index (χ2v) is 4.95. The Kier molecular flexibility index (Phi) is 3.20. The van der Waals surface area contributed by atoms with Crippen molar-refractivity contribution in [3.05, 3.63) is 17.9 Å². The van der Waals surface area contributed by atoms with Gasteiger partial charge in [-0.3, -0.25) is 0 Å². The summed E-state index contributed by atoms with van der Waals surface area (Å²) in [6, 6.07) is 1.38. The number of hydrogen-bond donors (Lipinski definition) is 0. The fraction of sp³-hybridized carbons (Fsp3) is 0.333. The predicted molar refractivity (Wildman–Crippen MR) is 53.0 cm³/mol. The van der Waals surface area contributed by atoms with Crippen molar-refractivity contribution in [2.24, 2.45) is 0 Å². The first-order valence-corrected chi connectivity index (χ1v) is 6.21. The Bertz CT molecular complexity index is 595. The lowest BCUT2D eigenvalue weighted by Crippen LogP contribution is -2.28. The van der Waals surface area contributed by atoms with Gasteiger partial charge in [0.2, 0.25) is 0 Å². The highest BCUT2D eigenvalue weighted by Gasteiger charge is 2.49. The lowest BCUT2D eigenvalue weighted by molar-refractivity contribution is -0.0501. The van der Waals surface area contributed by atoms with Crippen LogP contribution < -0.4 is 13.7 Å². The van der Waals surface area contributed by atoms with Crippen LogP contribution in [0.25, 0.3) is 0 Å². The topological polar surface area (TPSA) is 61.8 Å². The van der Waals surface area contributed by atoms with E-state index in [9.17, 15) is 26.0 Å². The van der Waals surface area contributed by atoms with Gasteiger partial charge in [-0.15, -0.1) is 0 Å². The summed E-state index contributed by atoms with van der Waals surface area (Å²) >= 11 is 0. The van der Waals surface area contributed by atoms with E-state index in [0.717, 1.165) is 0 Å². The summed E-state index contributed by atoms with van der Waals surface area (Å²) in [5.41, 5.74) is -5.65. The summed E-state index contributed by atoms with van der Waals surface area (Å²) in [6.45, 7) is 0.248. The molecule has 5 nitrogen and oxygen atoms in total. The average Bonchev–Trinajstić information content (AvgIpc) is 2.28. The molecule has 0 N–H and O–H groups in total. The van der Waals surface area contributed by atoms with Crippen molar-refractivity contribution in [3.8, 4) is 17.2 Å². The maximum absolute atomic E-state index is 13.4. The summed E-state index contributed by atoms with van der Waals surface area (Å²) in [5, 5.41) is 0. The van der Waals surface area contributed by atoms with Crippen LogP contribution in [0.15, 0.2) is 12.1 Å². The number of benzene rings is 1. The Hall–Kier alpha value is -1.71. The van der Waals surface area contributed by atoms with E-state index in [2.05, 4.69) is 4.18 Å². The van der Waals surface area contributed by atoms with Gasteiger partial charge in [0.1, 0.15) is 13.2 Å². The number of alkyl halides is 3. The first-order chi connectivity index (χ1) is 8.71. The molecule has 0 bridgehead atoms. The molecular weight excluding hydrogens is 296 g/mol. The summed E-state index contributed by atoms with van der Waals surface area (Å²) in [6.07, 6.45) is 0. The maximum atomic E-state index is 13.4. The van der Waals surface area contributed by atoms with E-state index < -0.39 is 27.2 Å². The van der Waals surface area contributed by atoms with Crippen LogP contribution in [0.3, 0.4) is 0 Å². The van der Waals surface area contributed by atoms with Gasteiger partial charge in [0.15, 0.2) is 23.1 Å². The van der Waals surface area contributed by atoms with Crippen LogP contribution in [0.4, 0.5) is 17.6 Å². The monoisotopic (exact) mass is 302 g/mol. The molecular formula is C9H6F4O5S. The number of halogens is 4. The average molecular weight is 302 g/mol. The lowest BCUT2D eigenvalue weighted by atomic mass is 10.3. The van der Waals surface area contributed by atoms with Crippen molar-refractivity contribution in [2.75, 3.05) is 13.2 Å². The van der Waals surface area contributed by atoms with Crippen molar-refractivity contribution in [1.29, 1.82) is 0 Å². The molecule has 10 heteroatoms. The zero-order chi connectivity index (χ0) is 14.3. The van der Waals surface area contributed by atoms with E-state index in [1.807, 2.05) is 0 Å². The quantitative estimate of drug-likeness (QED) is 0.474. The Morgan fingerprint density at radius 3 is 2.16 bits per heavy atom. The summed E-state index contributed by atoms with van der Waals surface area (Å²) in [4.78, 5) is 0. The molecule has 0 saturated heterocycles. The molecule has 0 amide bonds. The molecule has 0 aliphatic carbocycles. The zero-order valence-electron chi connectivity index (χ0n) is 9.03. The van der Waals surface area contributed by atoms with Crippen molar-refractivity contribution >= 4 is 10.1 Å². The highest BCUT2D eigenvalue weighted by atomic mass is 32.2. The molecule has 0 unspecified atom stereocenters. The fourth-order valence-corrected chi connectivity index (χ4v) is 1.73. The van der Waals surface area contributed by atoms with E-state index in [1.165, 1.54) is 0 Å². The number of rotatable bonds is 2. The van der Waals surface area contributed by atoms with Gasteiger partial charge < -0.3 is 13.7 Å². The highest BCUT2D eigenvalue weighted by Crippen LogP contribution is 2.37. The van der Waals surface area contributed by atoms with E-state index in [0.29, 0.717) is 12.1 Å². The lowest BCUT2D eigenvalue weighted by Gasteiger charge is -2.19. The van der Waals surface area contributed by atoms with Gasteiger partial charge in [-0.05, 0) is 0 Å². The Balaban J connectivity index is 2.37. The summed E-state index contributed by atoms with van der Waals surface area (Å²) in [7, 11) is -5.94. The van der Waals surface area contributed by atoms with Crippen LogP contribution in [0.1, 0.15) is 0 Å². The van der Waals surface area contributed by atoms with Crippen molar-refractivity contribution in [2.45, 2.75) is 5.51 Å². The molecule has 106 valence electrons. The molecule has 1 aromatic rings. The van der Waals surface area contributed by atoms with Crippen LogP contribution in [0, 0.1) is 5.82 Å². The number of hydrogen-bond acceptors (Lipinski definition) is 5. The van der Waals surface area contributed by atoms with Gasteiger partial charge in [0.25, 0.3) is 0 Å². The third-order valence-electron chi connectivity index (χ3n) is 2.08. The first kappa shape index (κ1) is 13.7. The first-order valence-electron chi connectivity index (χ1n) is 4.80. The molecule has 2 rings (SSSR count). The molecule has 1 aliphatic heterocycles. The standard InChI is InChI=1S/C9H6F4O5S/c10-5-3-7-8(17-2-1-16-7)4-6(5)18-19(14,15)9(11,12)13/h3-4H,1-2H2. The maximum Gasteiger partial charge on any atom is 0.534 e. The van der Waals surface area contributed by atoms with Gasteiger partial charge >= 0.3 is 15.6 Å². The molecule has 0 aromatic heterocycles. The molecule has 0 spiro atoms. The molecule has 1 aromatic carbocycles. The van der Waals surface area contributed by atoms with Gasteiger partial charge in [0.05, 0.1) is 0 Å². The van der Waals surface area contributed by atoms with Crippen molar-refractivity contribution in [1.82, 2.24) is 0 Å². The van der Waals surface area contributed by atoms with Crippen LogP contribution in [0.5, 0.6) is 17.2 Å². The Morgan fingerprint density at radius 2 is 1.63 bits per heavy atom. The third-order valence-corrected chi connectivity index (χ3v) is 3.05. The van der Waals surface area contributed by atoms with E-state index in [-0.39, 0.29) is 24.7 Å². The van der Waals surface area contributed by atoms with E-state index in [4.69, 9.17) is 9.47 Å². The molecule has 1 aliphatic rings. The van der Waals surface area contributed by atoms with Gasteiger partial charge in [0, 0.05) is 12.1 Å². The van der Waals surface area contributed by atoms with Gasteiger partial charge in [-0.2, -0.15) is 21.6 Å². The normalized spacial score (nSPS) is 15.2. The van der Waals surface area contributed by atoms with E-state index >= 15 is 0 Å². The van der Waals surface area contributed by atoms with Crippen LogP contribution >= 0.6 is 0 Å². The molecule has 0 saturated carbocycles. The summed E-state index contributed by atoms with van der Waals surface area (Å²) < 4.78 is 84.8. The SMILES string of the molecule is O=S(=O)(Oc1cc2c(cc1F)OCCO2)C(F)(F)F. The zero-order valence-corrected chi connectivity index (χ0v) is 9.85. The number of ether oxygens (including phenoxy) is 2. The Labute approximate surface area is 104 Å². The second-order valence-electron chi connectivity index (χ2n) is 3.41. The largest absolute Gasteiger partial charge is 0.534 e. The van der Waals surface area contributed by atoms with Crippen LogP contribution in [0.2, 0.25) is 0 Å². The van der Waals surface area contributed by atoms with Crippen LogP contribution in [-0.2, 0) is 10.1 Å². The molecule has 1 heterocycles.